The van der Waals surface area contributed by atoms with Gasteiger partial charge in [-0.15, -0.1) is 0 Å². The van der Waals surface area contributed by atoms with Gasteiger partial charge < -0.3 is 4.74 Å². The van der Waals surface area contributed by atoms with E-state index in [0.29, 0.717) is 17.2 Å². The zero-order valence-electron chi connectivity index (χ0n) is 7.72. The Morgan fingerprint density at radius 1 is 1.57 bits per heavy atom. The van der Waals surface area contributed by atoms with Crippen LogP contribution in [0.5, 0.6) is 0 Å². The lowest BCUT2D eigenvalue weighted by Crippen LogP contribution is -2.05. The second kappa shape index (κ2) is 5.37. The summed E-state index contributed by atoms with van der Waals surface area (Å²) >= 11 is 9.23. The van der Waals surface area contributed by atoms with Gasteiger partial charge in [0.05, 0.1) is 17.2 Å². The molecule has 2 nitrogen and oxygen atoms in total. The standard InChI is InChI=1S/C10H10BrClO2/c1-2-14-10(13)8-4-3-7(6-11)5-9(8)12/h3-5H,2,6H2,1H3. The van der Waals surface area contributed by atoms with Gasteiger partial charge in [-0.2, -0.15) is 0 Å². The molecular formula is C10H10BrClO2. The SMILES string of the molecule is CCOC(=O)c1ccc(CBr)cc1Cl. The van der Waals surface area contributed by atoms with Crippen molar-refractivity contribution >= 4 is 33.5 Å². The Kier molecular flexibility index (Phi) is 4.42. The molecule has 0 aliphatic carbocycles. The van der Waals surface area contributed by atoms with E-state index in [9.17, 15) is 4.79 Å². The quantitative estimate of drug-likeness (QED) is 0.625. The molecule has 0 fully saturated rings. The second-order valence-electron chi connectivity index (χ2n) is 2.67. The fraction of sp³-hybridized carbons (Fsp3) is 0.300. The van der Waals surface area contributed by atoms with Crippen LogP contribution in [-0.4, -0.2) is 12.6 Å². The summed E-state index contributed by atoms with van der Waals surface area (Å²) in [4.78, 5) is 11.3. The number of ether oxygens (including phenoxy) is 1. The minimum absolute atomic E-state index is 0.357. The van der Waals surface area contributed by atoms with Crippen molar-refractivity contribution in [2.24, 2.45) is 0 Å². The van der Waals surface area contributed by atoms with Gasteiger partial charge in [-0.1, -0.05) is 33.6 Å². The first-order chi connectivity index (χ1) is 6.69. The molecule has 0 saturated heterocycles. The number of rotatable bonds is 3. The molecule has 0 aromatic heterocycles. The van der Waals surface area contributed by atoms with Crippen LogP contribution in [0, 0.1) is 0 Å². The van der Waals surface area contributed by atoms with Gasteiger partial charge >= 0.3 is 5.97 Å². The molecule has 0 spiro atoms. The van der Waals surface area contributed by atoms with Gasteiger partial charge in [-0.25, -0.2) is 4.79 Å². The highest BCUT2D eigenvalue weighted by molar-refractivity contribution is 9.08. The average Bonchev–Trinajstić information content (AvgIpc) is 2.17. The Labute approximate surface area is 96.3 Å². The molecule has 0 unspecified atom stereocenters. The normalized spacial score (nSPS) is 9.93. The highest BCUT2D eigenvalue weighted by Crippen LogP contribution is 2.20. The van der Waals surface area contributed by atoms with Crippen molar-refractivity contribution in [1.29, 1.82) is 0 Å². The van der Waals surface area contributed by atoms with E-state index in [-0.39, 0.29) is 5.97 Å². The molecule has 0 aliphatic rings. The zero-order valence-corrected chi connectivity index (χ0v) is 10.1. The molecule has 14 heavy (non-hydrogen) atoms. The van der Waals surface area contributed by atoms with Crippen molar-refractivity contribution in [1.82, 2.24) is 0 Å². The van der Waals surface area contributed by atoms with Crippen LogP contribution >= 0.6 is 27.5 Å². The Morgan fingerprint density at radius 3 is 2.79 bits per heavy atom. The summed E-state index contributed by atoms with van der Waals surface area (Å²) in [5, 5.41) is 1.15. The molecular weight excluding hydrogens is 267 g/mol. The molecule has 4 heteroatoms. The number of alkyl halides is 1. The maximum Gasteiger partial charge on any atom is 0.339 e. The number of carbonyl (C=O) groups excluding carboxylic acids is 1. The monoisotopic (exact) mass is 276 g/mol. The molecule has 0 bridgehead atoms. The maximum absolute atomic E-state index is 11.3. The number of halogens is 2. The highest BCUT2D eigenvalue weighted by Gasteiger charge is 2.10. The number of hydrogen-bond donors (Lipinski definition) is 0. The van der Waals surface area contributed by atoms with E-state index in [1.807, 2.05) is 6.07 Å². The molecule has 1 rings (SSSR count). The third kappa shape index (κ3) is 2.72. The minimum atomic E-state index is -0.376. The van der Waals surface area contributed by atoms with E-state index in [2.05, 4.69) is 15.9 Å². The first kappa shape index (κ1) is 11.5. The zero-order chi connectivity index (χ0) is 10.6. The fourth-order valence-corrected chi connectivity index (χ4v) is 1.65. The fourth-order valence-electron chi connectivity index (χ4n) is 1.02. The van der Waals surface area contributed by atoms with Gasteiger partial charge in [0.15, 0.2) is 0 Å². The summed E-state index contributed by atoms with van der Waals surface area (Å²) in [6.45, 7) is 2.12. The van der Waals surface area contributed by atoms with Gasteiger partial charge in [0.2, 0.25) is 0 Å². The number of esters is 1. The topological polar surface area (TPSA) is 26.3 Å². The summed E-state index contributed by atoms with van der Waals surface area (Å²) in [7, 11) is 0. The maximum atomic E-state index is 11.3. The Bertz CT molecular complexity index is 339. The number of carbonyl (C=O) groups is 1. The lowest BCUT2D eigenvalue weighted by atomic mass is 10.1. The first-order valence-electron chi connectivity index (χ1n) is 4.20. The summed E-state index contributed by atoms with van der Waals surface area (Å²) in [6, 6.07) is 5.27. The van der Waals surface area contributed by atoms with Gasteiger partial charge in [0, 0.05) is 5.33 Å². The third-order valence-electron chi connectivity index (χ3n) is 1.68. The van der Waals surface area contributed by atoms with E-state index in [4.69, 9.17) is 16.3 Å². The average molecular weight is 278 g/mol. The van der Waals surface area contributed by atoms with Crippen LogP contribution in [0.15, 0.2) is 18.2 Å². The largest absolute Gasteiger partial charge is 0.462 e. The van der Waals surface area contributed by atoms with Crippen molar-refractivity contribution in [2.75, 3.05) is 6.61 Å². The third-order valence-corrected chi connectivity index (χ3v) is 2.64. The minimum Gasteiger partial charge on any atom is -0.462 e. The lowest BCUT2D eigenvalue weighted by Gasteiger charge is -2.04. The molecule has 0 heterocycles. The molecule has 0 amide bonds. The molecule has 76 valence electrons. The van der Waals surface area contributed by atoms with Gasteiger partial charge in [-0.3, -0.25) is 0 Å². The van der Waals surface area contributed by atoms with Crippen molar-refractivity contribution in [3.05, 3.63) is 34.3 Å². The van der Waals surface area contributed by atoms with Crippen LogP contribution in [0.25, 0.3) is 0 Å². The lowest BCUT2D eigenvalue weighted by molar-refractivity contribution is 0.0526. The summed E-state index contributed by atoms with van der Waals surface area (Å²) in [5.41, 5.74) is 1.45. The van der Waals surface area contributed by atoms with Crippen LogP contribution in [0.1, 0.15) is 22.8 Å². The van der Waals surface area contributed by atoms with Crippen molar-refractivity contribution in [2.45, 2.75) is 12.3 Å². The van der Waals surface area contributed by atoms with E-state index < -0.39 is 0 Å². The van der Waals surface area contributed by atoms with E-state index in [0.717, 1.165) is 10.9 Å². The van der Waals surface area contributed by atoms with Gasteiger partial charge in [-0.05, 0) is 24.6 Å². The predicted octanol–water partition coefficient (Wildman–Crippen LogP) is 3.41. The van der Waals surface area contributed by atoms with E-state index in [1.165, 1.54) is 0 Å². The molecule has 0 saturated carbocycles. The molecule has 0 N–H and O–H groups in total. The summed E-state index contributed by atoms with van der Waals surface area (Å²) in [5.74, 6) is -0.376. The van der Waals surface area contributed by atoms with Crippen molar-refractivity contribution < 1.29 is 9.53 Å². The molecule has 0 aliphatic heterocycles. The van der Waals surface area contributed by atoms with Crippen LogP contribution in [0.2, 0.25) is 5.02 Å². The predicted molar refractivity (Wildman–Crippen MR) is 60.0 cm³/mol. The van der Waals surface area contributed by atoms with Crippen LogP contribution in [0.3, 0.4) is 0 Å². The Balaban J connectivity index is 2.94. The van der Waals surface area contributed by atoms with E-state index >= 15 is 0 Å². The number of benzene rings is 1. The second-order valence-corrected chi connectivity index (χ2v) is 3.64. The first-order valence-corrected chi connectivity index (χ1v) is 5.70. The molecule has 0 atom stereocenters. The number of hydrogen-bond acceptors (Lipinski definition) is 2. The summed E-state index contributed by atoms with van der Waals surface area (Å²) in [6.07, 6.45) is 0. The van der Waals surface area contributed by atoms with Gasteiger partial charge in [0.25, 0.3) is 0 Å². The van der Waals surface area contributed by atoms with Gasteiger partial charge in [0.1, 0.15) is 0 Å². The summed E-state index contributed by atoms with van der Waals surface area (Å²) < 4.78 is 4.85. The Hall–Kier alpha value is -0.540. The smallest absolute Gasteiger partial charge is 0.339 e. The molecule has 0 radical (unpaired) electrons. The molecule has 1 aromatic rings. The Morgan fingerprint density at radius 2 is 2.29 bits per heavy atom. The van der Waals surface area contributed by atoms with Crippen LogP contribution in [0.4, 0.5) is 0 Å². The van der Waals surface area contributed by atoms with Crippen LogP contribution in [-0.2, 0) is 10.1 Å². The van der Waals surface area contributed by atoms with E-state index in [1.54, 1.807) is 19.1 Å². The van der Waals surface area contributed by atoms with Crippen LogP contribution < -0.4 is 0 Å². The molecule has 1 aromatic carbocycles. The highest BCUT2D eigenvalue weighted by atomic mass is 79.9. The van der Waals surface area contributed by atoms with Crippen molar-refractivity contribution in [3.8, 4) is 0 Å². The van der Waals surface area contributed by atoms with Crippen molar-refractivity contribution in [3.63, 3.8) is 0 Å².